The minimum Gasteiger partial charge on any atom is -0.322 e. The first-order valence-electron chi connectivity index (χ1n) is 9.48. The summed E-state index contributed by atoms with van der Waals surface area (Å²) in [4.78, 5) is 4.42. The Bertz CT molecular complexity index is 1480. The average Bonchev–Trinajstić information content (AvgIpc) is 3.16. The van der Waals surface area contributed by atoms with E-state index in [4.69, 9.17) is 0 Å². The summed E-state index contributed by atoms with van der Waals surface area (Å²) in [5.74, 6) is -1.30. The Hall–Kier alpha value is -3.43. The van der Waals surface area contributed by atoms with Crippen LogP contribution in [0.15, 0.2) is 66.7 Å². The Morgan fingerprint density at radius 1 is 0.818 bits per heavy atom. The van der Waals surface area contributed by atoms with Gasteiger partial charge in [0, 0.05) is 35.6 Å². The van der Waals surface area contributed by atoms with Crippen molar-refractivity contribution in [2.45, 2.75) is 6.18 Å². The molecule has 2 N–H and O–H groups in total. The number of aromatic nitrogens is 3. The number of benzene rings is 3. The molecular formula is C23H13F5N4V. The number of hydrogen-bond donors (Lipinski definition) is 2. The average molecular weight is 491 g/mol. The molecule has 0 unspecified atom stereocenters. The first-order chi connectivity index (χ1) is 15.3. The Labute approximate surface area is 195 Å². The van der Waals surface area contributed by atoms with Gasteiger partial charge in [-0.3, -0.25) is 5.10 Å². The molecule has 0 fully saturated rings. The number of pyridine rings is 1. The number of fused-ring (bicyclic) bond motifs is 2. The molecule has 0 spiro atoms. The minimum absolute atomic E-state index is 0. The van der Waals surface area contributed by atoms with Crippen LogP contribution in [0, 0.1) is 11.6 Å². The molecule has 2 heterocycles. The second-order valence-electron chi connectivity index (χ2n) is 7.13. The van der Waals surface area contributed by atoms with E-state index in [1.807, 2.05) is 0 Å². The van der Waals surface area contributed by atoms with Gasteiger partial charge in [0.1, 0.15) is 17.2 Å². The number of nitrogens with one attached hydrogen (secondary N) is 2. The minimum atomic E-state index is -4.56. The molecule has 5 aromatic rings. The number of rotatable bonds is 3. The zero-order valence-electron chi connectivity index (χ0n) is 16.6. The molecule has 165 valence electrons. The molecule has 0 aliphatic carbocycles. The van der Waals surface area contributed by atoms with Crippen LogP contribution in [0.2, 0.25) is 0 Å². The van der Waals surface area contributed by atoms with E-state index in [-0.39, 0.29) is 52.4 Å². The van der Waals surface area contributed by atoms with Crippen LogP contribution in [0.4, 0.5) is 33.6 Å². The quantitative estimate of drug-likeness (QED) is 0.273. The number of H-pyrrole nitrogens is 1. The number of anilines is 2. The first kappa shape index (κ1) is 22.8. The summed E-state index contributed by atoms with van der Waals surface area (Å²) >= 11 is 0. The van der Waals surface area contributed by atoms with E-state index < -0.39 is 23.4 Å². The summed E-state index contributed by atoms with van der Waals surface area (Å²) in [7, 11) is 0. The van der Waals surface area contributed by atoms with E-state index in [1.165, 1.54) is 18.2 Å². The number of aromatic amines is 1. The number of hydrogen-bond acceptors (Lipinski definition) is 3. The van der Waals surface area contributed by atoms with Gasteiger partial charge in [-0.05, 0) is 23.6 Å². The zero-order valence-corrected chi connectivity index (χ0v) is 18.0. The third-order valence-corrected chi connectivity index (χ3v) is 5.08. The monoisotopic (exact) mass is 491 g/mol. The molecule has 4 nitrogen and oxygen atoms in total. The van der Waals surface area contributed by atoms with Crippen molar-refractivity contribution in [1.82, 2.24) is 15.2 Å². The predicted octanol–water partition coefficient (Wildman–Crippen LogP) is 6.82. The maximum Gasteiger partial charge on any atom is 0.417 e. The van der Waals surface area contributed by atoms with Crippen molar-refractivity contribution in [2.24, 2.45) is 0 Å². The predicted molar refractivity (Wildman–Crippen MR) is 111 cm³/mol. The molecule has 0 aliphatic rings. The molecule has 5 rings (SSSR count). The third-order valence-electron chi connectivity index (χ3n) is 5.08. The van der Waals surface area contributed by atoms with E-state index in [0.717, 1.165) is 18.2 Å². The molecule has 1 radical (unpaired) electrons. The van der Waals surface area contributed by atoms with Gasteiger partial charge in [0.05, 0.1) is 16.6 Å². The van der Waals surface area contributed by atoms with Crippen molar-refractivity contribution in [2.75, 3.05) is 5.32 Å². The number of nitrogens with zero attached hydrogens (tertiary/aromatic N) is 2. The van der Waals surface area contributed by atoms with Crippen molar-refractivity contribution >= 4 is 33.3 Å². The largest absolute Gasteiger partial charge is 0.417 e. The molecule has 0 aliphatic heterocycles. The fraction of sp³-hybridized carbons (Fsp3) is 0.0435. The van der Waals surface area contributed by atoms with Gasteiger partial charge in [0.2, 0.25) is 0 Å². The Morgan fingerprint density at radius 3 is 2.33 bits per heavy atom. The molecule has 0 saturated heterocycles. The Morgan fingerprint density at radius 2 is 1.55 bits per heavy atom. The van der Waals surface area contributed by atoms with Crippen molar-refractivity contribution in [3.63, 3.8) is 0 Å². The molecule has 3 aromatic carbocycles. The molecule has 0 bridgehead atoms. The van der Waals surface area contributed by atoms with Crippen LogP contribution < -0.4 is 5.32 Å². The summed E-state index contributed by atoms with van der Waals surface area (Å²) in [6.07, 6.45) is -4.56. The maximum atomic E-state index is 14.0. The smallest absolute Gasteiger partial charge is 0.322 e. The fourth-order valence-corrected chi connectivity index (χ4v) is 3.64. The Kier molecular flexibility index (Phi) is 5.86. The second-order valence-corrected chi connectivity index (χ2v) is 7.13. The van der Waals surface area contributed by atoms with Gasteiger partial charge in [0.25, 0.3) is 0 Å². The van der Waals surface area contributed by atoms with Gasteiger partial charge in [-0.25, -0.2) is 13.8 Å². The SMILES string of the molecule is Fc1cc(F)c2[nH]nc(Nc3nc(-c4ccccc4C(F)(F)F)cc4ccccc34)c2c1.[V]. The van der Waals surface area contributed by atoms with Gasteiger partial charge in [-0.2, -0.15) is 18.3 Å². The standard InChI is InChI=1S/C23H13F5N4.V/c24-13-10-16-20(18(25)11-13)31-32-22(16)30-21-14-6-2-1-5-12(14)9-19(29-21)15-7-3-4-8-17(15)23(26,27)28;/h1-11H,(H2,29,30,31,32);. The van der Waals surface area contributed by atoms with Crippen LogP contribution in [0.5, 0.6) is 0 Å². The van der Waals surface area contributed by atoms with Crippen LogP contribution in [0.1, 0.15) is 5.56 Å². The maximum absolute atomic E-state index is 14.0. The normalized spacial score (nSPS) is 11.5. The van der Waals surface area contributed by atoms with E-state index in [2.05, 4.69) is 20.5 Å². The molecule has 2 aromatic heterocycles. The van der Waals surface area contributed by atoms with Crippen LogP contribution in [-0.2, 0) is 24.7 Å². The molecule has 0 saturated carbocycles. The van der Waals surface area contributed by atoms with Gasteiger partial charge < -0.3 is 5.32 Å². The molecule has 33 heavy (non-hydrogen) atoms. The van der Waals surface area contributed by atoms with Crippen molar-refractivity contribution < 1.29 is 40.5 Å². The van der Waals surface area contributed by atoms with Crippen LogP contribution in [0.25, 0.3) is 32.9 Å². The zero-order chi connectivity index (χ0) is 22.5. The summed E-state index contributed by atoms with van der Waals surface area (Å²) in [5.41, 5.74) is -0.811. The second kappa shape index (κ2) is 8.49. The van der Waals surface area contributed by atoms with E-state index in [1.54, 1.807) is 30.3 Å². The molecular weight excluding hydrogens is 478 g/mol. The van der Waals surface area contributed by atoms with Crippen LogP contribution in [-0.4, -0.2) is 15.2 Å². The summed E-state index contributed by atoms with van der Waals surface area (Å²) in [6, 6.07) is 15.5. The summed E-state index contributed by atoms with van der Waals surface area (Å²) in [5, 5.41) is 10.8. The van der Waals surface area contributed by atoms with Crippen molar-refractivity contribution in [1.29, 1.82) is 0 Å². The van der Waals surface area contributed by atoms with Gasteiger partial charge >= 0.3 is 6.18 Å². The molecule has 0 atom stereocenters. The van der Waals surface area contributed by atoms with Crippen molar-refractivity contribution in [3.8, 4) is 11.3 Å². The van der Waals surface area contributed by atoms with Gasteiger partial charge in [-0.15, -0.1) is 0 Å². The van der Waals surface area contributed by atoms with Crippen LogP contribution in [0.3, 0.4) is 0 Å². The van der Waals surface area contributed by atoms with Crippen molar-refractivity contribution in [3.05, 3.63) is 83.9 Å². The topological polar surface area (TPSA) is 53.6 Å². The van der Waals surface area contributed by atoms with Gasteiger partial charge in [-0.1, -0.05) is 42.5 Å². The van der Waals surface area contributed by atoms with E-state index in [9.17, 15) is 22.0 Å². The summed E-state index contributed by atoms with van der Waals surface area (Å²) in [6.45, 7) is 0. The number of halogens is 5. The van der Waals surface area contributed by atoms with Gasteiger partial charge in [0.15, 0.2) is 11.6 Å². The number of alkyl halides is 3. The van der Waals surface area contributed by atoms with E-state index in [0.29, 0.717) is 10.8 Å². The van der Waals surface area contributed by atoms with E-state index >= 15 is 0 Å². The third kappa shape index (κ3) is 4.17. The van der Waals surface area contributed by atoms with Crippen LogP contribution >= 0.6 is 0 Å². The first-order valence-corrected chi connectivity index (χ1v) is 9.48. The molecule has 0 amide bonds. The molecule has 10 heteroatoms. The Balaban J connectivity index is 0.00000259. The summed E-state index contributed by atoms with van der Waals surface area (Å²) < 4.78 is 68.5. The fourth-order valence-electron chi connectivity index (χ4n) is 3.64.